The minimum absolute atomic E-state index is 0.106. The number of furan rings is 1. The Bertz CT molecular complexity index is 441. The molecular weight excluding hydrogens is 252 g/mol. The minimum Gasteiger partial charge on any atom is -0.469 e. The summed E-state index contributed by atoms with van der Waals surface area (Å²) < 4.78 is 5.24. The van der Waals surface area contributed by atoms with Gasteiger partial charge in [0.05, 0.1) is 5.56 Å². The number of hydrogen-bond acceptors (Lipinski definition) is 3. The van der Waals surface area contributed by atoms with E-state index in [4.69, 9.17) is 4.42 Å². The molecule has 0 aromatic carbocycles. The molecule has 1 amide bonds. The first-order chi connectivity index (χ1) is 9.65. The van der Waals surface area contributed by atoms with Crippen LogP contribution >= 0.6 is 0 Å². The van der Waals surface area contributed by atoms with Crippen molar-refractivity contribution in [1.82, 2.24) is 10.2 Å². The van der Waals surface area contributed by atoms with Crippen molar-refractivity contribution in [3.63, 3.8) is 0 Å². The third kappa shape index (κ3) is 3.42. The van der Waals surface area contributed by atoms with Gasteiger partial charge >= 0.3 is 0 Å². The molecule has 2 atom stereocenters. The minimum atomic E-state index is 0.106. The van der Waals surface area contributed by atoms with Crippen molar-refractivity contribution in [2.24, 2.45) is 5.92 Å². The lowest BCUT2D eigenvalue weighted by Crippen LogP contribution is -2.51. The highest BCUT2D eigenvalue weighted by Crippen LogP contribution is 2.22. The van der Waals surface area contributed by atoms with Gasteiger partial charge in [-0.15, -0.1) is 0 Å². The second kappa shape index (κ2) is 6.93. The number of hydrogen-bond donors (Lipinski definition) is 1. The van der Waals surface area contributed by atoms with E-state index >= 15 is 0 Å². The molecule has 2 rings (SSSR count). The maximum Gasteiger partial charge on any atom is 0.257 e. The Morgan fingerprint density at radius 3 is 2.90 bits per heavy atom. The quantitative estimate of drug-likeness (QED) is 0.901. The van der Waals surface area contributed by atoms with E-state index in [9.17, 15) is 4.79 Å². The van der Waals surface area contributed by atoms with Crippen LogP contribution in [0.5, 0.6) is 0 Å². The van der Waals surface area contributed by atoms with Crippen LogP contribution in [0.15, 0.2) is 16.7 Å². The lowest BCUT2D eigenvalue weighted by molar-refractivity contribution is 0.0626. The summed E-state index contributed by atoms with van der Waals surface area (Å²) in [5.41, 5.74) is 0.678. The highest BCUT2D eigenvalue weighted by atomic mass is 16.3. The summed E-state index contributed by atoms with van der Waals surface area (Å²) in [6, 6.07) is 2.38. The van der Waals surface area contributed by atoms with E-state index in [1.165, 1.54) is 0 Å². The Kier molecular flexibility index (Phi) is 5.24. The lowest BCUT2D eigenvalue weighted by Gasteiger charge is -2.38. The molecule has 112 valence electrons. The number of piperidine rings is 1. The molecular formula is C16H26N2O2. The van der Waals surface area contributed by atoms with Crippen molar-refractivity contribution in [2.45, 2.75) is 46.1 Å². The Labute approximate surface area is 121 Å². The third-order valence-electron chi connectivity index (χ3n) is 4.18. The molecule has 1 N–H and O–H groups in total. The number of aryl methyl sites for hydroxylation is 1. The molecule has 0 radical (unpaired) electrons. The van der Waals surface area contributed by atoms with Crippen LogP contribution in [0.4, 0.5) is 0 Å². The Balaban J connectivity index is 1.97. The number of nitrogens with one attached hydrogen (secondary N) is 1. The average Bonchev–Trinajstić information content (AvgIpc) is 2.90. The summed E-state index contributed by atoms with van der Waals surface area (Å²) >= 11 is 0. The van der Waals surface area contributed by atoms with E-state index < -0.39 is 0 Å². The number of amides is 1. The van der Waals surface area contributed by atoms with Gasteiger partial charge in [0.15, 0.2) is 0 Å². The predicted octanol–water partition coefficient (Wildman–Crippen LogP) is 2.83. The second-order valence-electron chi connectivity index (χ2n) is 5.71. The molecule has 0 saturated carbocycles. The number of rotatable bonds is 5. The topological polar surface area (TPSA) is 45.5 Å². The highest BCUT2D eigenvalue weighted by molar-refractivity contribution is 5.94. The summed E-state index contributed by atoms with van der Waals surface area (Å²) in [6.45, 7) is 9.01. The average molecular weight is 278 g/mol. The van der Waals surface area contributed by atoms with Crippen LogP contribution in [0.1, 0.15) is 49.2 Å². The predicted molar refractivity (Wildman–Crippen MR) is 79.8 cm³/mol. The van der Waals surface area contributed by atoms with Crippen LogP contribution in [-0.4, -0.2) is 36.5 Å². The molecule has 20 heavy (non-hydrogen) atoms. The summed E-state index contributed by atoms with van der Waals surface area (Å²) in [5, 5.41) is 3.62. The molecule has 0 aliphatic carbocycles. The van der Waals surface area contributed by atoms with Crippen molar-refractivity contribution in [3.05, 3.63) is 23.7 Å². The van der Waals surface area contributed by atoms with Gasteiger partial charge < -0.3 is 14.6 Å². The molecule has 0 spiro atoms. The van der Waals surface area contributed by atoms with Crippen molar-refractivity contribution in [3.8, 4) is 0 Å². The Morgan fingerprint density at radius 2 is 2.30 bits per heavy atom. The molecule has 1 aromatic heterocycles. The van der Waals surface area contributed by atoms with Crippen molar-refractivity contribution >= 4 is 5.91 Å². The van der Waals surface area contributed by atoms with Crippen LogP contribution in [0.2, 0.25) is 0 Å². The summed E-state index contributed by atoms with van der Waals surface area (Å²) in [6.07, 6.45) is 4.88. The van der Waals surface area contributed by atoms with Crippen LogP contribution in [0, 0.1) is 12.8 Å². The number of likely N-dealkylation sites (tertiary alicyclic amines) is 1. The first kappa shape index (κ1) is 15.1. The molecule has 1 fully saturated rings. The van der Waals surface area contributed by atoms with Crippen molar-refractivity contribution in [2.75, 3.05) is 19.6 Å². The summed E-state index contributed by atoms with van der Waals surface area (Å²) in [5.74, 6) is 1.45. The first-order valence-electron chi connectivity index (χ1n) is 7.73. The maximum atomic E-state index is 12.4. The zero-order valence-electron chi connectivity index (χ0n) is 12.8. The fourth-order valence-corrected chi connectivity index (χ4v) is 2.97. The SMILES string of the molecule is CCCNC1CCN(C(=O)c2coc(C)c2)CC1CC. The van der Waals surface area contributed by atoms with Gasteiger partial charge in [-0.05, 0) is 38.3 Å². The van der Waals surface area contributed by atoms with Gasteiger partial charge in [0.25, 0.3) is 5.91 Å². The monoisotopic (exact) mass is 278 g/mol. The van der Waals surface area contributed by atoms with E-state index in [0.29, 0.717) is 17.5 Å². The molecule has 0 bridgehead atoms. The lowest BCUT2D eigenvalue weighted by atomic mass is 9.89. The Hall–Kier alpha value is -1.29. The molecule has 1 saturated heterocycles. The van der Waals surface area contributed by atoms with Crippen molar-refractivity contribution in [1.29, 1.82) is 0 Å². The Morgan fingerprint density at radius 1 is 1.50 bits per heavy atom. The van der Waals surface area contributed by atoms with E-state index in [0.717, 1.165) is 44.7 Å². The second-order valence-corrected chi connectivity index (χ2v) is 5.71. The largest absolute Gasteiger partial charge is 0.469 e. The van der Waals surface area contributed by atoms with E-state index in [1.807, 2.05) is 17.9 Å². The van der Waals surface area contributed by atoms with Crippen LogP contribution in [0.25, 0.3) is 0 Å². The number of carbonyl (C=O) groups is 1. The molecule has 4 heteroatoms. The van der Waals surface area contributed by atoms with Gasteiger partial charge in [-0.25, -0.2) is 0 Å². The van der Waals surface area contributed by atoms with E-state index in [1.54, 1.807) is 6.26 Å². The van der Waals surface area contributed by atoms with Crippen LogP contribution < -0.4 is 5.32 Å². The van der Waals surface area contributed by atoms with Gasteiger partial charge in [-0.2, -0.15) is 0 Å². The fraction of sp³-hybridized carbons (Fsp3) is 0.688. The summed E-state index contributed by atoms with van der Waals surface area (Å²) in [4.78, 5) is 14.4. The standard InChI is InChI=1S/C16H26N2O2/c1-4-7-17-15-6-8-18(10-13(15)5-2)16(19)14-9-12(3)20-11-14/h9,11,13,15,17H,4-8,10H2,1-3H3. The van der Waals surface area contributed by atoms with Crippen LogP contribution in [0.3, 0.4) is 0 Å². The smallest absolute Gasteiger partial charge is 0.257 e. The molecule has 2 unspecified atom stereocenters. The van der Waals surface area contributed by atoms with E-state index in [2.05, 4.69) is 19.2 Å². The zero-order valence-corrected chi connectivity index (χ0v) is 12.8. The zero-order chi connectivity index (χ0) is 14.5. The van der Waals surface area contributed by atoms with Gasteiger partial charge in [0.1, 0.15) is 12.0 Å². The molecule has 1 aliphatic heterocycles. The van der Waals surface area contributed by atoms with E-state index in [-0.39, 0.29) is 5.91 Å². The first-order valence-corrected chi connectivity index (χ1v) is 7.73. The van der Waals surface area contributed by atoms with Gasteiger partial charge in [0, 0.05) is 19.1 Å². The molecule has 2 heterocycles. The molecule has 1 aliphatic rings. The summed E-state index contributed by atoms with van der Waals surface area (Å²) in [7, 11) is 0. The van der Waals surface area contributed by atoms with Gasteiger partial charge in [0.2, 0.25) is 0 Å². The van der Waals surface area contributed by atoms with Crippen molar-refractivity contribution < 1.29 is 9.21 Å². The maximum absolute atomic E-state index is 12.4. The third-order valence-corrected chi connectivity index (χ3v) is 4.18. The number of nitrogens with zero attached hydrogens (tertiary/aromatic N) is 1. The number of carbonyl (C=O) groups excluding carboxylic acids is 1. The van der Waals surface area contributed by atoms with Gasteiger partial charge in [-0.1, -0.05) is 20.3 Å². The molecule has 4 nitrogen and oxygen atoms in total. The normalized spacial score (nSPS) is 23.1. The van der Waals surface area contributed by atoms with Gasteiger partial charge in [-0.3, -0.25) is 4.79 Å². The fourth-order valence-electron chi connectivity index (χ4n) is 2.97. The highest BCUT2D eigenvalue weighted by Gasteiger charge is 2.30. The van der Waals surface area contributed by atoms with Crippen LogP contribution in [-0.2, 0) is 0 Å². The molecule has 1 aromatic rings.